The highest BCUT2D eigenvalue weighted by molar-refractivity contribution is 5.76. The number of hydrogen-bond donors (Lipinski definition) is 3. The van der Waals surface area contributed by atoms with Crippen molar-refractivity contribution in [2.75, 3.05) is 173 Å². The fourth-order valence-corrected chi connectivity index (χ4v) is 8.91. The minimum Gasteiger partial charge on any atom is -1.00 e. The van der Waals surface area contributed by atoms with Crippen LogP contribution in [-0.4, -0.2) is 185 Å². The van der Waals surface area contributed by atoms with Crippen LogP contribution in [0.2, 0.25) is 0 Å². The third-order valence-electron chi connectivity index (χ3n) is 12.2. The number of aryl methyl sites for hydroxylation is 1. The quantitative estimate of drug-likeness (QED) is 0.265. The maximum absolute atomic E-state index is 6.91. The molecule has 1 aromatic heterocycles. The summed E-state index contributed by atoms with van der Waals surface area (Å²) in [5.74, 6) is 2.83. The Morgan fingerprint density at radius 3 is 1.05 bits per heavy atom. The summed E-state index contributed by atoms with van der Waals surface area (Å²) in [5, 5.41) is 7.11. The fourth-order valence-electron chi connectivity index (χ4n) is 8.91. The fraction of sp³-hybridized carbons (Fsp3) is 0.862. The summed E-state index contributed by atoms with van der Waals surface area (Å²) < 4.78 is 5.30. The highest BCUT2D eigenvalue weighted by Crippen LogP contribution is 2.34. The molecule has 6 saturated heterocycles. The van der Waals surface area contributed by atoms with Gasteiger partial charge in [-0.25, -0.2) is 9.97 Å². The first-order chi connectivity index (χ1) is 19.4. The van der Waals surface area contributed by atoms with Gasteiger partial charge in [-0.05, 0) is 6.92 Å². The summed E-state index contributed by atoms with van der Waals surface area (Å²) in [6, 6.07) is 0. The van der Waals surface area contributed by atoms with Crippen LogP contribution in [0.25, 0.3) is 0 Å². The number of nitrogens with zero attached hydrogens (tertiary/aromatic N) is 8. The smallest absolute Gasteiger partial charge is 0.158 e. The molecule has 0 bridgehead atoms. The molecule has 6 fully saturated rings. The molecule has 0 amide bonds. The molecule has 0 aromatic carbocycles. The number of hydrogen-bond acceptors (Lipinski definition) is 7. The number of piperazine rings is 6. The molecule has 4 spiro atoms. The zero-order valence-corrected chi connectivity index (χ0v) is 29.7. The molecule has 0 radical (unpaired) electrons. The van der Waals surface area contributed by atoms with E-state index in [4.69, 9.17) is 15.7 Å². The van der Waals surface area contributed by atoms with E-state index < -0.39 is 0 Å². The monoisotopic (exact) mass is 697 g/mol. The molecule has 4 N–H and O–H groups in total. The Balaban J connectivity index is 0.00000132. The van der Waals surface area contributed by atoms with E-state index in [1.54, 1.807) is 0 Å². The maximum Gasteiger partial charge on any atom is 0.158 e. The molecule has 11 nitrogen and oxygen atoms in total. The zero-order chi connectivity index (χ0) is 27.3. The van der Waals surface area contributed by atoms with E-state index in [0.717, 1.165) is 49.3 Å². The molecule has 7 heterocycles. The molecule has 7 rings (SSSR count). The molecule has 0 unspecified atom stereocenters. The lowest BCUT2D eigenvalue weighted by molar-refractivity contribution is -1.03. The van der Waals surface area contributed by atoms with E-state index in [1.807, 2.05) is 6.92 Å². The average molecular weight is 700 g/mol. The van der Waals surface area contributed by atoms with Gasteiger partial charge in [0, 0.05) is 26.2 Å². The number of nitrogens with one attached hydrogen (secondary N) is 2. The molecule has 254 valence electrons. The molecule has 15 heteroatoms. The van der Waals surface area contributed by atoms with Crippen molar-refractivity contribution in [1.29, 1.82) is 0 Å². The number of nitrogen functional groups attached to an aromatic ring is 1. The van der Waals surface area contributed by atoms with Crippen LogP contribution in [0.5, 0.6) is 0 Å². The van der Waals surface area contributed by atoms with Gasteiger partial charge in [0.2, 0.25) is 0 Å². The van der Waals surface area contributed by atoms with Gasteiger partial charge >= 0.3 is 0 Å². The van der Waals surface area contributed by atoms with E-state index in [1.165, 1.54) is 149 Å². The van der Waals surface area contributed by atoms with Crippen molar-refractivity contribution in [3.8, 4) is 0 Å². The summed E-state index contributed by atoms with van der Waals surface area (Å²) in [7, 11) is 0. The second-order valence-corrected chi connectivity index (χ2v) is 14.3. The third-order valence-corrected chi connectivity index (χ3v) is 12.2. The van der Waals surface area contributed by atoms with Crippen LogP contribution in [0.15, 0.2) is 0 Å². The van der Waals surface area contributed by atoms with Crippen molar-refractivity contribution in [2.24, 2.45) is 0 Å². The first-order valence-electron chi connectivity index (χ1n) is 16.4. The van der Waals surface area contributed by atoms with Crippen molar-refractivity contribution < 1.29 is 67.6 Å². The van der Waals surface area contributed by atoms with Gasteiger partial charge in [-0.15, -0.1) is 0 Å². The highest BCUT2D eigenvalue weighted by atomic mass is 35.5. The summed E-state index contributed by atoms with van der Waals surface area (Å²) in [6.45, 7) is 31.9. The predicted molar refractivity (Wildman–Crippen MR) is 160 cm³/mol. The molecule has 0 aliphatic carbocycles. The number of quaternary nitrogens is 4. The molecule has 0 saturated carbocycles. The van der Waals surface area contributed by atoms with Crippen LogP contribution in [0, 0.1) is 6.92 Å². The van der Waals surface area contributed by atoms with E-state index in [9.17, 15) is 0 Å². The molecule has 0 atom stereocenters. The number of nitrogens with two attached hydrogens (primary N) is 1. The first kappa shape index (κ1) is 37.9. The van der Waals surface area contributed by atoms with E-state index in [-0.39, 0.29) is 49.6 Å². The second-order valence-electron chi connectivity index (χ2n) is 14.3. The Morgan fingerprint density at radius 2 is 0.750 bits per heavy atom. The first-order valence-corrected chi connectivity index (χ1v) is 16.4. The lowest BCUT2D eigenvalue weighted by atomic mass is 10.1. The average Bonchev–Trinajstić information content (AvgIpc) is 3.00. The van der Waals surface area contributed by atoms with Gasteiger partial charge in [0.1, 0.15) is 63.9 Å². The van der Waals surface area contributed by atoms with Crippen LogP contribution in [0.1, 0.15) is 5.82 Å². The summed E-state index contributed by atoms with van der Waals surface area (Å²) in [4.78, 5) is 14.8. The van der Waals surface area contributed by atoms with E-state index in [0.29, 0.717) is 0 Å². The SMILES string of the molecule is Cc1nc(N2CC[N+]3(CC2)CC[N+]2(CCNCC2)CC3)c(N)c(N2CC[N+]3(CC2)CC[N+]2(CCNCC2)CC3)n1.[Cl-].[Cl-].[Cl-].[Cl-]. The normalized spacial score (nSPS) is 26.7. The van der Waals surface area contributed by atoms with Crippen LogP contribution < -0.4 is 75.8 Å². The number of aromatic nitrogens is 2. The standard InChI is InChI=1S/C29H55N11.4ClH/c1-26-33-28(35-6-14-39(15-7-35)22-18-37(19-23-39)10-2-31-3-11-37)27(30)29(34-26)36-8-16-40(17-9-36)24-20-38(21-25-40)12-4-32-5-13-38;;;;/h31-32H,2-25,30H2,1H3;4*1H/q+4;;;;/p-4. The highest BCUT2D eigenvalue weighted by Gasteiger charge is 2.46. The molecule has 6 aliphatic heterocycles. The summed E-state index contributed by atoms with van der Waals surface area (Å²) >= 11 is 0. The number of halogens is 4. The van der Waals surface area contributed by atoms with Crippen LogP contribution in [0.3, 0.4) is 0 Å². The lowest BCUT2D eigenvalue weighted by Gasteiger charge is -2.53. The molecule has 44 heavy (non-hydrogen) atoms. The Bertz CT molecular complexity index is 964. The van der Waals surface area contributed by atoms with Crippen molar-refractivity contribution >= 4 is 17.3 Å². The Hall–Kier alpha value is -0.600. The molecular weight excluding hydrogens is 644 g/mol. The molecule has 6 aliphatic rings. The lowest BCUT2D eigenvalue weighted by Crippen LogP contribution is -3.00. The minimum atomic E-state index is 0. The van der Waals surface area contributed by atoms with Crippen LogP contribution in [0.4, 0.5) is 17.3 Å². The minimum absolute atomic E-state index is 0. The van der Waals surface area contributed by atoms with Gasteiger partial charge in [0.05, 0.1) is 78.5 Å². The Labute approximate surface area is 289 Å². The van der Waals surface area contributed by atoms with Gasteiger partial charge < -0.3 is 93.7 Å². The van der Waals surface area contributed by atoms with Crippen molar-refractivity contribution in [1.82, 2.24) is 20.6 Å². The van der Waals surface area contributed by atoms with Crippen molar-refractivity contribution in [3.63, 3.8) is 0 Å². The zero-order valence-electron chi connectivity index (χ0n) is 26.6. The topological polar surface area (TPSA) is 82.3 Å². The van der Waals surface area contributed by atoms with Crippen molar-refractivity contribution in [2.45, 2.75) is 6.92 Å². The van der Waals surface area contributed by atoms with Crippen molar-refractivity contribution in [3.05, 3.63) is 5.82 Å². The molecule has 1 aromatic rings. The number of rotatable bonds is 2. The van der Waals surface area contributed by atoms with E-state index >= 15 is 0 Å². The van der Waals surface area contributed by atoms with Gasteiger partial charge in [-0.3, -0.25) is 0 Å². The van der Waals surface area contributed by atoms with Gasteiger partial charge in [-0.2, -0.15) is 0 Å². The van der Waals surface area contributed by atoms with Gasteiger partial charge in [-0.1, -0.05) is 0 Å². The number of anilines is 3. The molecular formula is C29H55Cl4N11. The van der Waals surface area contributed by atoms with Crippen LogP contribution >= 0.6 is 0 Å². The van der Waals surface area contributed by atoms with E-state index in [2.05, 4.69) is 20.4 Å². The Kier molecular flexibility index (Phi) is 13.0. The summed E-state index contributed by atoms with van der Waals surface area (Å²) in [6.07, 6.45) is 0. The predicted octanol–water partition coefficient (Wildman–Crippen LogP) is -13.5. The maximum atomic E-state index is 6.91. The Morgan fingerprint density at radius 1 is 0.477 bits per heavy atom. The third kappa shape index (κ3) is 7.42. The second kappa shape index (κ2) is 15.1. The largest absolute Gasteiger partial charge is 1.00 e. The summed E-state index contributed by atoms with van der Waals surface area (Å²) in [5.41, 5.74) is 7.71. The van der Waals surface area contributed by atoms with Crippen LogP contribution in [-0.2, 0) is 0 Å². The van der Waals surface area contributed by atoms with Gasteiger partial charge in [0.15, 0.2) is 11.6 Å². The van der Waals surface area contributed by atoms with Gasteiger partial charge in [0.25, 0.3) is 0 Å².